The Morgan fingerprint density at radius 2 is 1.75 bits per heavy atom. The van der Waals surface area contributed by atoms with Crippen molar-refractivity contribution in [2.24, 2.45) is 0 Å². The first-order valence-corrected chi connectivity index (χ1v) is 10.7. The highest BCUT2D eigenvalue weighted by molar-refractivity contribution is 9.10. The van der Waals surface area contributed by atoms with Gasteiger partial charge in [-0.1, -0.05) is 22.0 Å². The van der Waals surface area contributed by atoms with Crippen LogP contribution >= 0.6 is 15.9 Å². The summed E-state index contributed by atoms with van der Waals surface area (Å²) in [6.45, 7) is 0.588. The van der Waals surface area contributed by atoms with E-state index >= 15 is 0 Å². The number of piperazine rings is 1. The van der Waals surface area contributed by atoms with Crippen LogP contribution in [0.1, 0.15) is 5.56 Å². The van der Waals surface area contributed by atoms with Gasteiger partial charge in [0.05, 0.1) is 4.90 Å². The maximum atomic E-state index is 13.7. The van der Waals surface area contributed by atoms with E-state index in [0.29, 0.717) is 4.47 Å². The Kier molecular flexibility index (Phi) is 6.26. The van der Waals surface area contributed by atoms with Gasteiger partial charge in [-0.25, -0.2) is 17.2 Å². The van der Waals surface area contributed by atoms with Gasteiger partial charge in [0, 0.05) is 42.3 Å². The highest BCUT2D eigenvalue weighted by Crippen LogP contribution is 2.19. The van der Waals surface area contributed by atoms with E-state index in [2.05, 4.69) is 15.9 Å². The number of rotatable bonds is 4. The minimum absolute atomic E-state index is 0.101. The molecule has 28 heavy (non-hydrogen) atoms. The lowest BCUT2D eigenvalue weighted by atomic mass is 10.2. The summed E-state index contributed by atoms with van der Waals surface area (Å²) in [5.41, 5.74) is 0.273. The third-order valence-electron chi connectivity index (χ3n) is 4.35. The van der Waals surface area contributed by atoms with Crippen LogP contribution in [0.4, 0.5) is 8.78 Å². The third-order valence-corrected chi connectivity index (χ3v) is 6.74. The largest absolute Gasteiger partial charge is 0.337 e. The fraction of sp³-hybridized carbons (Fsp3) is 0.211. The van der Waals surface area contributed by atoms with Gasteiger partial charge in [0.1, 0.15) is 11.6 Å². The van der Waals surface area contributed by atoms with E-state index in [9.17, 15) is 22.0 Å². The molecule has 0 saturated carbocycles. The fourth-order valence-corrected chi connectivity index (χ4v) is 4.67. The van der Waals surface area contributed by atoms with Crippen molar-refractivity contribution < 1.29 is 22.0 Å². The van der Waals surface area contributed by atoms with Crippen LogP contribution in [0.5, 0.6) is 0 Å². The molecule has 1 amide bonds. The predicted octanol–water partition coefficient (Wildman–Crippen LogP) is 3.27. The van der Waals surface area contributed by atoms with Gasteiger partial charge in [-0.3, -0.25) is 4.79 Å². The molecular formula is C19H17BrF2N2O3S. The normalized spacial score (nSPS) is 15.9. The van der Waals surface area contributed by atoms with Gasteiger partial charge in [0.25, 0.3) is 0 Å². The number of hydrogen-bond acceptors (Lipinski definition) is 3. The third kappa shape index (κ3) is 4.65. The Balaban J connectivity index is 1.64. The van der Waals surface area contributed by atoms with E-state index in [1.165, 1.54) is 45.6 Å². The smallest absolute Gasteiger partial charge is 0.246 e. The van der Waals surface area contributed by atoms with Crippen molar-refractivity contribution >= 4 is 37.9 Å². The number of carbonyl (C=O) groups is 1. The SMILES string of the molecule is O=C(/C=C/c1cc(Br)ccc1F)N1CCN(S(=O)(=O)c2cccc(F)c2)CC1. The summed E-state index contributed by atoms with van der Waals surface area (Å²) in [5, 5.41) is 0. The van der Waals surface area contributed by atoms with Gasteiger partial charge < -0.3 is 4.90 Å². The van der Waals surface area contributed by atoms with Crippen molar-refractivity contribution in [3.05, 3.63) is 70.2 Å². The number of nitrogens with zero attached hydrogens (tertiary/aromatic N) is 2. The predicted molar refractivity (Wildman–Crippen MR) is 105 cm³/mol. The molecule has 1 fully saturated rings. The molecule has 0 N–H and O–H groups in total. The first kappa shape index (κ1) is 20.6. The number of benzene rings is 2. The molecule has 0 unspecified atom stereocenters. The number of carbonyl (C=O) groups excluding carboxylic acids is 1. The molecule has 2 aromatic carbocycles. The number of halogens is 3. The molecule has 148 valence electrons. The Bertz CT molecular complexity index is 1020. The Hall–Kier alpha value is -2.10. The average Bonchev–Trinajstić information content (AvgIpc) is 2.68. The first-order valence-electron chi connectivity index (χ1n) is 8.45. The van der Waals surface area contributed by atoms with Gasteiger partial charge in [0.2, 0.25) is 15.9 Å². The van der Waals surface area contributed by atoms with Crippen molar-refractivity contribution in [1.29, 1.82) is 0 Å². The van der Waals surface area contributed by atoms with Crippen LogP contribution in [0.25, 0.3) is 6.08 Å². The van der Waals surface area contributed by atoms with Crippen LogP contribution in [0, 0.1) is 11.6 Å². The maximum absolute atomic E-state index is 13.7. The van der Waals surface area contributed by atoms with E-state index in [0.717, 1.165) is 6.07 Å². The van der Waals surface area contributed by atoms with Gasteiger partial charge in [0.15, 0.2) is 0 Å². The highest BCUT2D eigenvalue weighted by atomic mass is 79.9. The molecule has 0 atom stereocenters. The molecular weight excluding hydrogens is 454 g/mol. The van der Waals surface area contributed by atoms with E-state index in [4.69, 9.17) is 0 Å². The Morgan fingerprint density at radius 3 is 2.43 bits per heavy atom. The summed E-state index contributed by atoms with van der Waals surface area (Å²) in [6, 6.07) is 9.25. The Morgan fingerprint density at radius 1 is 1.04 bits per heavy atom. The van der Waals surface area contributed by atoms with E-state index in [1.54, 1.807) is 12.1 Å². The van der Waals surface area contributed by atoms with E-state index in [1.807, 2.05) is 0 Å². The summed E-state index contributed by atoms with van der Waals surface area (Å²) in [7, 11) is -3.82. The van der Waals surface area contributed by atoms with Crippen LogP contribution in [0.2, 0.25) is 0 Å². The molecule has 0 aromatic heterocycles. The molecule has 0 aliphatic carbocycles. The van der Waals surface area contributed by atoms with Gasteiger partial charge in [-0.05, 0) is 42.5 Å². The molecule has 1 aliphatic rings. The van der Waals surface area contributed by atoms with Crippen molar-refractivity contribution in [1.82, 2.24) is 9.21 Å². The zero-order valence-electron chi connectivity index (χ0n) is 14.7. The molecule has 0 bridgehead atoms. The summed E-state index contributed by atoms with van der Waals surface area (Å²) >= 11 is 3.25. The van der Waals surface area contributed by atoms with Crippen LogP contribution < -0.4 is 0 Å². The summed E-state index contributed by atoms with van der Waals surface area (Å²) < 4.78 is 54.2. The molecule has 1 aliphatic heterocycles. The summed E-state index contributed by atoms with van der Waals surface area (Å²) in [5.74, 6) is -1.40. The van der Waals surface area contributed by atoms with Crippen LogP contribution in [0.3, 0.4) is 0 Å². The standard InChI is InChI=1S/C19H17BrF2N2O3S/c20-15-5-6-18(22)14(12-15)4-7-19(25)23-8-10-24(11-9-23)28(26,27)17-3-1-2-16(21)13-17/h1-7,12-13H,8-11H2/b7-4+. The van der Waals surface area contributed by atoms with Crippen molar-refractivity contribution in [3.8, 4) is 0 Å². The number of hydrogen-bond donors (Lipinski definition) is 0. The maximum Gasteiger partial charge on any atom is 0.246 e. The molecule has 2 aromatic rings. The second-order valence-corrected chi connectivity index (χ2v) is 9.04. The summed E-state index contributed by atoms with van der Waals surface area (Å²) in [4.78, 5) is 13.7. The lowest BCUT2D eigenvalue weighted by Gasteiger charge is -2.33. The van der Waals surface area contributed by atoms with E-state index in [-0.39, 0.29) is 42.5 Å². The van der Waals surface area contributed by atoms with Gasteiger partial charge in [-0.2, -0.15) is 4.31 Å². The lowest BCUT2D eigenvalue weighted by molar-refractivity contribution is -0.127. The monoisotopic (exact) mass is 470 g/mol. The van der Waals surface area contributed by atoms with Crippen molar-refractivity contribution in [2.75, 3.05) is 26.2 Å². The molecule has 9 heteroatoms. The zero-order valence-corrected chi connectivity index (χ0v) is 17.1. The molecule has 0 radical (unpaired) electrons. The quantitative estimate of drug-likeness (QED) is 0.644. The fourth-order valence-electron chi connectivity index (χ4n) is 2.83. The van der Waals surface area contributed by atoms with Crippen molar-refractivity contribution in [3.63, 3.8) is 0 Å². The molecule has 1 saturated heterocycles. The van der Waals surface area contributed by atoms with Crippen LogP contribution in [0.15, 0.2) is 57.9 Å². The second-order valence-electron chi connectivity index (χ2n) is 6.19. The average molecular weight is 471 g/mol. The van der Waals surface area contributed by atoms with E-state index < -0.39 is 21.7 Å². The lowest BCUT2D eigenvalue weighted by Crippen LogP contribution is -2.50. The van der Waals surface area contributed by atoms with Gasteiger partial charge in [-0.15, -0.1) is 0 Å². The molecule has 5 nitrogen and oxygen atoms in total. The molecule has 3 rings (SSSR count). The minimum atomic E-state index is -3.82. The first-order chi connectivity index (χ1) is 13.3. The second kappa shape index (κ2) is 8.50. The summed E-state index contributed by atoms with van der Waals surface area (Å²) in [6.07, 6.45) is 2.65. The number of amides is 1. The minimum Gasteiger partial charge on any atom is -0.337 e. The molecule has 1 heterocycles. The Labute approximate surface area is 170 Å². The molecule has 0 spiro atoms. The van der Waals surface area contributed by atoms with Crippen molar-refractivity contribution in [2.45, 2.75) is 4.90 Å². The number of sulfonamides is 1. The van der Waals surface area contributed by atoms with Gasteiger partial charge >= 0.3 is 0 Å². The highest BCUT2D eigenvalue weighted by Gasteiger charge is 2.29. The topological polar surface area (TPSA) is 57.7 Å². The van der Waals surface area contributed by atoms with Crippen LogP contribution in [-0.4, -0.2) is 49.7 Å². The zero-order chi connectivity index (χ0) is 20.3. The van der Waals surface area contributed by atoms with Crippen LogP contribution in [-0.2, 0) is 14.8 Å².